The molecule has 1 saturated heterocycles. The van der Waals surface area contributed by atoms with Gasteiger partial charge in [0, 0.05) is 26.2 Å². The zero-order valence-corrected chi connectivity index (χ0v) is 10.1. The zero-order valence-electron chi connectivity index (χ0n) is 10.1. The average molecular weight is 255 g/mol. The molecule has 4 nitrogen and oxygen atoms in total. The molecule has 18 heavy (non-hydrogen) atoms. The minimum atomic E-state index is -0.846. The van der Waals surface area contributed by atoms with E-state index in [4.69, 9.17) is 0 Å². The normalized spacial score (nSPS) is 17.7. The molecule has 1 aliphatic rings. The van der Waals surface area contributed by atoms with E-state index in [1.807, 2.05) is 7.05 Å². The minimum Gasteiger partial charge on any atom is -0.304 e. The van der Waals surface area contributed by atoms with E-state index in [1.165, 1.54) is 6.07 Å². The van der Waals surface area contributed by atoms with Crippen LogP contribution in [0.3, 0.4) is 0 Å². The fraction of sp³-hybridized carbons (Fsp3) is 0.417. The number of nitrogens with one attached hydrogen (secondary N) is 1. The van der Waals surface area contributed by atoms with Gasteiger partial charge >= 0.3 is 0 Å². The van der Waals surface area contributed by atoms with E-state index in [-0.39, 0.29) is 0 Å². The van der Waals surface area contributed by atoms with Crippen LogP contribution in [0.25, 0.3) is 0 Å². The predicted molar refractivity (Wildman–Crippen MR) is 62.9 cm³/mol. The predicted octanol–water partition coefficient (Wildman–Crippen LogP) is 0.857. The van der Waals surface area contributed by atoms with Gasteiger partial charge in [0.2, 0.25) is 0 Å². The van der Waals surface area contributed by atoms with Crippen LogP contribution in [0.1, 0.15) is 10.4 Å². The van der Waals surface area contributed by atoms with Crippen molar-refractivity contribution in [1.29, 1.82) is 0 Å². The number of likely N-dealkylation sites (N-methyl/N-ethyl adjacent to an activating group) is 1. The number of carbonyl (C=O) groups excluding carboxylic acids is 1. The molecule has 1 fully saturated rings. The highest BCUT2D eigenvalue weighted by atomic mass is 19.1. The minimum absolute atomic E-state index is 0.531. The standard InChI is InChI=1S/C12H15F2N3O/c1-16-5-7-17(8-6-16)15-12(18)11-9(13)3-2-4-10(11)14/h2-4H,5-8H2,1H3,(H,15,18). The van der Waals surface area contributed by atoms with Gasteiger partial charge in [0.05, 0.1) is 0 Å². The first-order chi connectivity index (χ1) is 8.58. The van der Waals surface area contributed by atoms with Gasteiger partial charge in [0.1, 0.15) is 17.2 Å². The molecule has 1 aromatic carbocycles. The molecule has 6 heteroatoms. The summed E-state index contributed by atoms with van der Waals surface area (Å²) in [6.07, 6.45) is 0. The Morgan fingerprint density at radius 2 is 1.72 bits per heavy atom. The molecular weight excluding hydrogens is 240 g/mol. The molecule has 1 amide bonds. The third kappa shape index (κ3) is 2.83. The Labute approximate surface area is 104 Å². The SMILES string of the molecule is CN1CCN(NC(=O)c2c(F)cccc2F)CC1. The molecule has 0 unspecified atom stereocenters. The van der Waals surface area contributed by atoms with Crippen LogP contribution < -0.4 is 5.43 Å². The van der Waals surface area contributed by atoms with Crippen molar-refractivity contribution < 1.29 is 13.6 Å². The lowest BCUT2D eigenvalue weighted by Crippen LogP contribution is -2.52. The zero-order chi connectivity index (χ0) is 13.1. The Morgan fingerprint density at radius 3 is 2.28 bits per heavy atom. The van der Waals surface area contributed by atoms with Crippen molar-refractivity contribution in [2.24, 2.45) is 0 Å². The molecule has 1 aromatic rings. The van der Waals surface area contributed by atoms with Crippen molar-refractivity contribution in [3.8, 4) is 0 Å². The van der Waals surface area contributed by atoms with Crippen LogP contribution in [0.2, 0.25) is 0 Å². The lowest BCUT2D eigenvalue weighted by atomic mass is 10.2. The number of benzene rings is 1. The lowest BCUT2D eigenvalue weighted by Gasteiger charge is -2.32. The summed E-state index contributed by atoms with van der Waals surface area (Å²) in [5.74, 6) is -2.43. The Bertz CT molecular complexity index is 425. The third-order valence-corrected chi connectivity index (χ3v) is 2.95. The number of amides is 1. The van der Waals surface area contributed by atoms with E-state index in [9.17, 15) is 13.6 Å². The highest BCUT2D eigenvalue weighted by Gasteiger charge is 2.21. The molecule has 98 valence electrons. The van der Waals surface area contributed by atoms with Gasteiger partial charge in [-0.05, 0) is 19.2 Å². The van der Waals surface area contributed by atoms with Crippen LogP contribution >= 0.6 is 0 Å². The summed E-state index contributed by atoms with van der Waals surface area (Å²) in [6, 6.07) is 3.38. The van der Waals surface area contributed by atoms with Crippen LogP contribution in [0.15, 0.2) is 18.2 Å². The third-order valence-electron chi connectivity index (χ3n) is 2.95. The van der Waals surface area contributed by atoms with E-state index in [2.05, 4.69) is 10.3 Å². The number of piperazine rings is 1. The van der Waals surface area contributed by atoms with Gasteiger partial charge in [-0.2, -0.15) is 0 Å². The second kappa shape index (κ2) is 5.41. The molecule has 0 saturated carbocycles. The number of hydrogen-bond acceptors (Lipinski definition) is 3. The number of hydrogen-bond donors (Lipinski definition) is 1. The van der Waals surface area contributed by atoms with E-state index in [0.717, 1.165) is 25.2 Å². The van der Waals surface area contributed by atoms with E-state index in [0.29, 0.717) is 13.1 Å². The Hall–Kier alpha value is -1.53. The Balaban J connectivity index is 2.04. The first-order valence-electron chi connectivity index (χ1n) is 5.76. The van der Waals surface area contributed by atoms with E-state index >= 15 is 0 Å². The number of hydrazine groups is 1. The fourth-order valence-electron chi connectivity index (χ4n) is 1.83. The molecule has 0 atom stereocenters. The maximum atomic E-state index is 13.4. The maximum absolute atomic E-state index is 13.4. The van der Waals surface area contributed by atoms with Crippen molar-refractivity contribution in [2.75, 3.05) is 33.2 Å². The van der Waals surface area contributed by atoms with Gasteiger partial charge < -0.3 is 4.90 Å². The second-order valence-corrected chi connectivity index (χ2v) is 4.33. The fourth-order valence-corrected chi connectivity index (χ4v) is 1.83. The quantitative estimate of drug-likeness (QED) is 0.851. The molecule has 1 aliphatic heterocycles. The highest BCUT2D eigenvalue weighted by molar-refractivity contribution is 5.94. The first kappa shape index (κ1) is 12.9. The number of carbonyl (C=O) groups is 1. The van der Waals surface area contributed by atoms with Gasteiger partial charge in [-0.25, -0.2) is 13.8 Å². The summed E-state index contributed by atoms with van der Waals surface area (Å²) in [5.41, 5.74) is 1.99. The van der Waals surface area contributed by atoms with Crippen molar-refractivity contribution in [3.05, 3.63) is 35.4 Å². The van der Waals surface area contributed by atoms with Gasteiger partial charge in [-0.1, -0.05) is 6.07 Å². The van der Waals surface area contributed by atoms with Crippen LogP contribution in [0, 0.1) is 11.6 Å². The van der Waals surface area contributed by atoms with Gasteiger partial charge in [-0.15, -0.1) is 0 Å². The van der Waals surface area contributed by atoms with Crippen molar-refractivity contribution in [3.63, 3.8) is 0 Å². The van der Waals surface area contributed by atoms with Crippen molar-refractivity contribution >= 4 is 5.91 Å². The molecule has 1 heterocycles. The molecule has 2 rings (SSSR count). The molecule has 0 radical (unpaired) electrons. The summed E-state index contributed by atoms with van der Waals surface area (Å²) in [5, 5.41) is 1.67. The topological polar surface area (TPSA) is 35.6 Å². The van der Waals surface area contributed by atoms with Crippen molar-refractivity contribution in [1.82, 2.24) is 15.3 Å². The number of rotatable bonds is 2. The molecule has 0 bridgehead atoms. The number of halogens is 2. The second-order valence-electron chi connectivity index (χ2n) is 4.33. The summed E-state index contributed by atoms with van der Waals surface area (Å²) >= 11 is 0. The monoisotopic (exact) mass is 255 g/mol. The summed E-state index contributed by atoms with van der Waals surface area (Å²) < 4.78 is 26.8. The lowest BCUT2D eigenvalue weighted by molar-refractivity contribution is 0.0654. The summed E-state index contributed by atoms with van der Waals surface area (Å²) in [6.45, 7) is 2.89. The molecule has 0 aromatic heterocycles. The van der Waals surface area contributed by atoms with Crippen LogP contribution in [0.4, 0.5) is 8.78 Å². The first-order valence-corrected chi connectivity index (χ1v) is 5.76. The number of nitrogens with zero attached hydrogens (tertiary/aromatic N) is 2. The average Bonchev–Trinajstić information content (AvgIpc) is 2.32. The Kier molecular flexibility index (Phi) is 3.88. The largest absolute Gasteiger partial charge is 0.304 e. The van der Waals surface area contributed by atoms with Gasteiger partial charge in [0.25, 0.3) is 5.91 Å². The van der Waals surface area contributed by atoms with E-state index in [1.54, 1.807) is 5.01 Å². The maximum Gasteiger partial charge on any atom is 0.271 e. The summed E-state index contributed by atoms with van der Waals surface area (Å²) in [4.78, 5) is 13.9. The molecule has 0 aliphatic carbocycles. The molecule has 0 spiro atoms. The smallest absolute Gasteiger partial charge is 0.271 e. The van der Waals surface area contributed by atoms with Crippen LogP contribution in [-0.2, 0) is 0 Å². The van der Waals surface area contributed by atoms with Crippen LogP contribution in [0.5, 0.6) is 0 Å². The Morgan fingerprint density at radius 1 is 1.17 bits per heavy atom. The van der Waals surface area contributed by atoms with Crippen LogP contribution in [-0.4, -0.2) is 49.0 Å². The van der Waals surface area contributed by atoms with Gasteiger partial charge in [-0.3, -0.25) is 10.2 Å². The van der Waals surface area contributed by atoms with Crippen molar-refractivity contribution in [2.45, 2.75) is 0 Å². The summed E-state index contributed by atoms with van der Waals surface area (Å²) in [7, 11) is 1.98. The molecule has 1 N–H and O–H groups in total. The van der Waals surface area contributed by atoms with E-state index < -0.39 is 23.1 Å². The molecular formula is C12H15F2N3O. The highest BCUT2D eigenvalue weighted by Crippen LogP contribution is 2.12. The van der Waals surface area contributed by atoms with Gasteiger partial charge in [0.15, 0.2) is 0 Å².